The average Bonchev–Trinajstić information content (AvgIpc) is 1.65. The number of nitro groups is 2. The Kier molecular flexibility index (Phi) is 37.6. The van der Waals surface area contributed by atoms with Gasteiger partial charge in [0, 0.05) is 180 Å². The van der Waals surface area contributed by atoms with Crippen LogP contribution in [-0.2, 0) is 12.8 Å². The quantitative estimate of drug-likeness (QED) is 0.0181. The number of nitrogen functional groups attached to an aromatic ring is 1. The Morgan fingerprint density at radius 3 is 1.33 bits per heavy atom. The molecule has 4 aliphatic heterocycles. The van der Waals surface area contributed by atoms with Crippen LogP contribution in [-0.4, -0.2) is 183 Å². The number of anilines is 17. The number of fused-ring (bicyclic) bond motifs is 8. The van der Waals surface area contributed by atoms with Gasteiger partial charge in [0.15, 0.2) is 23.3 Å². The molecule has 0 saturated carbocycles. The number of pyridine rings is 13. The van der Waals surface area contributed by atoms with Crippen molar-refractivity contribution in [2.24, 2.45) is 0 Å². The molecule has 17 heterocycles. The fraction of sp³-hybridized carbons (Fsp3) is 0.217. The molecule has 0 aliphatic carbocycles. The maximum absolute atomic E-state index is 12.8. The van der Waals surface area contributed by atoms with Gasteiger partial charge in [0.05, 0.1) is 71.8 Å². The zero-order chi connectivity index (χ0) is 97.5. The zero-order valence-electron chi connectivity index (χ0n) is 74.9. The molecule has 5 amide bonds. The summed E-state index contributed by atoms with van der Waals surface area (Å²) in [4.78, 5) is 150. The van der Waals surface area contributed by atoms with Crippen LogP contribution >= 0.6 is 71.0 Å². The molecule has 698 valence electrons. The lowest BCUT2D eigenvalue weighted by atomic mass is 10.1. The molecule has 0 saturated heterocycles. The number of rotatable bonds is 18. The Balaban J connectivity index is 0.000000162. The van der Waals surface area contributed by atoms with Crippen molar-refractivity contribution in [1.29, 1.82) is 0 Å². The molecule has 0 unspecified atom stereocenters. The molecule has 17 rings (SSSR count). The van der Waals surface area contributed by atoms with Gasteiger partial charge in [0.1, 0.15) is 40.1 Å². The number of carbonyl (C=O) groups excluding carboxylic acids is 5. The zero-order valence-corrected chi connectivity index (χ0v) is 81.2. The van der Waals surface area contributed by atoms with E-state index in [1.807, 2.05) is 141 Å². The third-order valence-corrected chi connectivity index (χ3v) is 21.7. The van der Waals surface area contributed by atoms with Crippen LogP contribution in [0.1, 0.15) is 111 Å². The van der Waals surface area contributed by atoms with Crippen LogP contribution in [0.5, 0.6) is 0 Å². The standard InChI is InChI=1S/C17H18N4O.C16H18N4O2.C14H13BrN4O.C13H12BrClN4O.C13H11BrN4O.C7H9N3O2.C7H11N3.C5H3ClN2O2/c1-4-7-12-10-13-15(19-11-12)21(5-2)16-14(8-6-9-18-16)20(3)17(13)22;1-3-20-14-12(9-11(6-8-21)10-18-14)16(22)19(2)13-5-4-7-17-15(13)20;1-3-19-12-10(7-9(15)8-17-12)14(20)18(2)11-5-4-6-16-13(11)19;1-2-16-12-10(4-3-5-17-12)19-13(20)9-6-8(14)7-18-11(9)15;1-2-18-11-9(6-8(14)7-16-11)13(19)17-10-4-3-5-15-12(10)18;1-2-8-7-6(10(11)12)4-3-5-9-7;1-2-9-7-6(8)4-3-5-10-7;6-5-4(8(9)10)2-1-3-7-5/h4,6,8-11H,1,5,7H2,2-3H3;4-5,7,9-10,21H,3,6,8H2,1-2H3;4-8H,3H2,1-2H3;3-7H,2H2,1H3,(H,16,17)(H,19,20);3-7H,2H2,1H3,(H,17,19);3-5H,2H2,1H3,(H,8,9);3-5H,2,8H2,1H3,(H,9,10);1-3H. The van der Waals surface area contributed by atoms with E-state index in [9.17, 15) is 44.2 Å². The Bertz CT molecular complexity index is 6420. The minimum absolute atomic E-state index is 0.0133. The molecular formula is C92H95Br3Cl2N28O10. The second-order valence-corrected chi connectivity index (χ2v) is 31.9. The lowest BCUT2D eigenvalue weighted by molar-refractivity contribution is -0.385. The molecule has 43 heteroatoms. The van der Waals surface area contributed by atoms with Crippen LogP contribution in [0.4, 0.5) is 109 Å². The maximum atomic E-state index is 12.8. The summed E-state index contributed by atoms with van der Waals surface area (Å²) >= 11 is 21.3. The van der Waals surface area contributed by atoms with E-state index < -0.39 is 9.85 Å². The van der Waals surface area contributed by atoms with Gasteiger partial charge >= 0.3 is 11.4 Å². The third-order valence-electron chi connectivity index (χ3n) is 19.8. The highest BCUT2D eigenvalue weighted by Crippen LogP contribution is 2.42. The topological polar surface area (TPSA) is 468 Å². The van der Waals surface area contributed by atoms with E-state index in [1.54, 1.807) is 140 Å². The molecule has 4 aliphatic rings. The van der Waals surface area contributed by atoms with Crippen molar-refractivity contribution in [3.05, 3.63) is 304 Å². The number of carbonyl (C=O) groups is 5. The molecule has 135 heavy (non-hydrogen) atoms. The van der Waals surface area contributed by atoms with Gasteiger partial charge in [0.2, 0.25) is 11.0 Å². The molecule has 0 fully saturated rings. The summed E-state index contributed by atoms with van der Waals surface area (Å²) in [6.07, 6.45) is 24.6. The molecular weight excluding hydrogens is 1970 g/mol. The van der Waals surface area contributed by atoms with Crippen molar-refractivity contribution < 1.29 is 38.9 Å². The first kappa shape index (κ1) is 102. The minimum atomic E-state index is -0.574. The lowest BCUT2D eigenvalue weighted by Crippen LogP contribution is -2.25. The van der Waals surface area contributed by atoms with Crippen molar-refractivity contribution in [1.82, 2.24) is 64.8 Å². The van der Waals surface area contributed by atoms with Crippen molar-refractivity contribution in [2.45, 2.75) is 61.3 Å². The third kappa shape index (κ3) is 25.5. The average molecular weight is 2060 g/mol. The van der Waals surface area contributed by atoms with E-state index in [1.165, 1.54) is 36.8 Å². The van der Waals surface area contributed by atoms with Crippen LogP contribution < -0.4 is 66.6 Å². The van der Waals surface area contributed by atoms with Crippen LogP contribution in [0.15, 0.2) is 234 Å². The number of aliphatic hydroxyl groups excluding tert-OH is 1. The first-order valence-corrected chi connectivity index (χ1v) is 45.1. The van der Waals surface area contributed by atoms with E-state index >= 15 is 0 Å². The normalized spacial score (nSPS) is 12.1. The molecule has 0 bridgehead atoms. The largest absolute Gasteiger partial charge is 0.396 e. The number of halogens is 5. The second kappa shape index (κ2) is 49.6. The Morgan fingerprint density at radius 2 is 0.844 bits per heavy atom. The summed E-state index contributed by atoms with van der Waals surface area (Å²) in [5, 5.41) is 44.3. The number of hydrogen-bond donors (Lipinski definition) is 7. The highest BCUT2D eigenvalue weighted by molar-refractivity contribution is 9.11. The summed E-state index contributed by atoms with van der Waals surface area (Å²) in [6, 6.07) is 36.6. The lowest BCUT2D eigenvalue weighted by Gasteiger charge is -2.22. The predicted molar refractivity (Wildman–Crippen MR) is 538 cm³/mol. The second-order valence-electron chi connectivity index (χ2n) is 28.5. The van der Waals surface area contributed by atoms with Crippen LogP contribution in [0.2, 0.25) is 10.3 Å². The molecule has 0 atom stereocenters. The van der Waals surface area contributed by atoms with E-state index in [0.29, 0.717) is 142 Å². The summed E-state index contributed by atoms with van der Waals surface area (Å²) < 4.78 is 2.24. The van der Waals surface area contributed by atoms with Crippen molar-refractivity contribution >= 4 is 210 Å². The molecule has 13 aromatic rings. The number of hydrogen-bond acceptors (Lipinski definition) is 31. The van der Waals surface area contributed by atoms with Gasteiger partial charge in [-0.25, -0.2) is 64.8 Å². The van der Waals surface area contributed by atoms with Crippen molar-refractivity contribution in [3.8, 4) is 0 Å². The summed E-state index contributed by atoms with van der Waals surface area (Å²) in [7, 11) is 5.27. The number of allylic oxidation sites excluding steroid dienone is 1. The number of nitrogens with two attached hydrogens (primary N) is 1. The first-order chi connectivity index (χ1) is 65.1. The predicted octanol–water partition coefficient (Wildman–Crippen LogP) is 18.4. The van der Waals surface area contributed by atoms with Crippen LogP contribution in [0, 0.1) is 20.2 Å². The Hall–Kier alpha value is -14.8. The summed E-state index contributed by atoms with van der Waals surface area (Å²) in [6.45, 7) is 22.5. The van der Waals surface area contributed by atoms with Crippen LogP contribution in [0.25, 0.3) is 0 Å². The molecule has 0 aromatic carbocycles. The first-order valence-electron chi connectivity index (χ1n) is 42.0. The Morgan fingerprint density at radius 1 is 0.459 bits per heavy atom. The van der Waals surface area contributed by atoms with Gasteiger partial charge in [-0.05, 0) is 235 Å². The highest BCUT2D eigenvalue weighted by atomic mass is 79.9. The SMILES string of the molecule is C=CCc1cnc2c(c1)C(=O)N(C)c1cccnc1N2CC.CCN1c2ncc(Br)cc2C(=O)N(C)c2cccnc21.CCN1c2ncc(CCO)cc2C(=O)N(C)c2cccnc21.CCN1c2ncccc2NC(=O)c2cc(Br)cnc21.CCNc1ncccc1N.CCNc1ncccc1NC(=O)c1cc(Br)cnc1Cl.CCNc1ncccc1[N+](=O)[O-].O=[N+]([O-])c1cccnc1Cl. The minimum Gasteiger partial charge on any atom is -0.396 e. The fourth-order valence-electron chi connectivity index (χ4n) is 13.5. The number of aliphatic hydroxyl groups is 1. The molecule has 0 radical (unpaired) electrons. The highest BCUT2D eigenvalue weighted by Gasteiger charge is 2.35. The summed E-state index contributed by atoms with van der Waals surface area (Å²) in [5.41, 5.74) is 14.1. The van der Waals surface area contributed by atoms with E-state index in [2.05, 4.69) is 146 Å². The van der Waals surface area contributed by atoms with Crippen molar-refractivity contribution in [3.63, 3.8) is 0 Å². The number of aromatic nitrogens is 13. The molecule has 0 spiro atoms. The van der Waals surface area contributed by atoms with Crippen molar-refractivity contribution in [2.75, 3.05) is 140 Å². The van der Waals surface area contributed by atoms with Gasteiger partial charge in [-0.2, -0.15) is 0 Å². The van der Waals surface area contributed by atoms with E-state index in [-0.39, 0.29) is 57.8 Å². The number of nitrogens with one attached hydrogen (secondary N) is 5. The molecule has 13 aromatic heterocycles. The smallest absolute Gasteiger partial charge is 0.311 e. The van der Waals surface area contributed by atoms with E-state index in [4.69, 9.17) is 34.0 Å². The Labute approximate surface area is 813 Å². The fourth-order valence-corrected chi connectivity index (χ4v) is 14.9. The van der Waals surface area contributed by atoms with E-state index in [0.717, 1.165) is 67.0 Å². The molecule has 38 nitrogen and oxygen atoms in total. The summed E-state index contributed by atoms with van der Waals surface area (Å²) in [5.74, 6) is 6.40. The molecule has 8 N–H and O–H groups in total. The number of nitrogens with zero attached hydrogens (tertiary/aromatic N) is 22. The van der Waals surface area contributed by atoms with Gasteiger partial charge in [-0.15, -0.1) is 6.58 Å². The maximum Gasteiger partial charge on any atom is 0.311 e. The van der Waals surface area contributed by atoms with Gasteiger partial charge < -0.3 is 71.7 Å². The van der Waals surface area contributed by atoms with Crippen LogP contribution in [0.3, 0.4) is 0 Å². The van der Waals surface area contributed by atoms with Gasteiger partial charge in [0.25, 0.3) is 29.5 Å². The number of amides is 5. The monoisotopic (exact) mass is 2060 g/mol. The van der Waals surface area contributed by atoms with Gasteiger partial charge in [-0.3, -0.25) is 44.2 Å². The van der Waals surface area contributed by atoms with Gasteiger partial charge in [-0.1, -0.05) is 29.3 Å².